The summed E-state index contributed by atoms with van der Waals surface area (Å²) in [6.07, 6.45) is 15.3. The number of fused-ring (bicyclic) bond motifs is 5. The number of aliphatic carboxylic acids is 1. The molecule has 2 aliphatic carbocycles. The summed E-state index contributed by atoms with van der Waals surface area (Å²) < 4.78 is 1.92. The third-order valence-corrected chi connectivity index (χ3v) is 10.4. The Hall–Kier alpha value is -3.27. The van der Waals surface area contributed by atoms with Gasteiger partial charge in [0.1, 0.15) is 5.71 Å². The highest BCUT2D eigenvalue weighted by Gasteiger charge is 2.45. The monoisotopic (exact) mass is 591 g/mol. The van der Waals surface area contributed by atoms with Crippen molar-refractivity contribution in [1.29, 1.82) is 0 Å². The van der Waals surface area contributed by atoms with Crippen LogP contribution < -0.4 is 10.9 Å². The van der Waals surface area contributed by atoms with Crippen LogP contribution in [-0.4, -0.2) is 68.9 Å². The Morgan fingerprint density at radius 2 is 1.63 bits per heavy atom. The van der Waals surface area contributed by atoms with Crippen molar-refractivity contribution in [2.75, 3.05) is 13.7 Å². The summed E-state index contributed by atoms with van der Waals surface area (Å²) in [5.41, 5.74) is 1.53. The van der Waals surface area contributed by atoms with E-state index in [4.69, 9.17) is 14.9 Å². The summed E-state index contributed by atoms with van der Waals surface area (Å²) in [5, 5.41) is 15.7. The summed E-state index contributed by atoms with van der Waals surface area (Å²) in [5.74, 6) is 0.355. The molecule has 3 heterocycles. The number of hydrogen-bond acceptors (Lipinski definition) is 7. The van der Waals surface area contributed by atoms with E-state index < -0.39 is 12.6 Å². The number of benzene rings is 1. The molecule has 2 aliphatic heterocycles. The molecule has 10 heteroatoms. The summed E-state index contributed by atoms with van der Waals surface area (Å²) in [6.45, 7) is -0.643. The highest BCUT2D eigenvalue weighted by molar-refractivity contribution is 6.01. The number of piperidine rings is 2. The standard InChI is InChI=1S/C33H45N5O5/c1-34-30(39)14-13-28(36-43-20-31(40)41)32-33(42)38(29-12-5-4-11-27(29)35-32)26-18-23-9-6-10-24(19-26)37(23)25-16-21-7-2-3-8-22(15-21)17-25/h4-5,11-12,21-26H,2-3,6-10,13-20H2,1H3,(H,34,39)(H,40,41)/b36-28+. The van der Waals surface area contributed by atoms with Crippen LogP contribution in [0.15, 0.2) is 34.2 Å². The highest BCUT2D eigenvalue weighted by atomic mass is 16.6. The van der Waals surface area contributed by atoms with Crippen LogP contribution in [0.5, 0.6) is 0 Å². The third-order valence-electron chi connectivity index (χ3n) is 10.4. The summed E-state index contributed by atoms with van der Waals surface area (Å²) in [7, 11) is 1.55. The predicted octanol–water partition coefficient (Wildman–Crippen LogP) is 4.64. The maximum atomic E-state index is 14.3. The minimum atomic E-state index is -1.17. The van der Waals surface area contributed by atoms with E-state index in [0.717, 1.165) is 30.2 Å². The van der Waals surface area contributed by atoms with Crippen LogP contribution in [0, 0.1) is 11.8 Å². The van der Waals surface area contributed by atoms with Gasteiger partial charge in [-0.2, -0.15) is 0 Å². The van der Waals surface area contributed by atoms with Gasteiger partial charge >= 0.3 is 5.97 Å². The van der Waals surface area contributed by atoms with Crippen molar-refractivity contribution in [3.8, 4) is 0 Å². The lowest BCUT2D eigenvalue weighted by Crippen LogP contribution is -2.58. The molecular weight excluding hydrogens is 546 g/mol. The molecule has 43 heavy (non-hydrogen) atoms. The maximum absolute atomic E-state index is 14.3. The quantitative estimate of drug-likeness (QED) is 0.321. The molecule has 4 atom stereocenters. The van der Waals surface area contributed by atoms with Crippen molar-refractivity contribution in [2.24, 2.45) is 17.0 Å². The van der Waals surface area contributed by atoms with Gasteiger partial charge in [0.25, 0.3) is 5.56 Å². The molecule has 2 saturated carbocycles. The van der Waals surface area contributed by atoms with Crippen LogP contribution >= 0.6 is 0 Å². The number of carboxylic acid groups (broad SMARTS) is 1. The molecule has 4 unspecified atom stereocenters. The Morgan fingerprint density at radius 1 is 0.930 bits per heavy atom. The van der Waals surface area contributed by atoms with E-state index in [0.29, 0.717) is 23.6 Å². The Balaban J connectivity index is 1.33. The van der Waals surface area contributed by atoms with Crippen LogP contribution in [0.4, 0.5) is 0 Å². The summed E-state index contributed by atoms with van der Waals surface area (Å²) in [4.78, 5) is 50.2. The molecule has 2 saturated heterocycles. The van der Waals surface area contributed by atoms with Gasteiger partial charge in [0.05, 0.1) is 11.0 Å². The second-order valence-corrected chi connectivity index (χ2v) is 13.2. The van der Waals surface area contributed by atoms with Gasteiger partial charge in [0, 0.05) is 44.1 Å². The molecule has 0 radical (unpaired) electrons. The summed E-state index contributed by atoms with van der Waals surface area (Å²) in [6, 6.07) is 9.31. The Kier molecular flexibility index (Phi) is 9.12. The van der Waals surface area contributed by atoms with Crippen molar-refractivity contribution >= 4 is 28.6 Å². The lowest BCUT2D eigenvalue weighted by Gasteiger charge is -2.54. The van der Waals surface area contributed by atoms with Crippen LogP contribution in [0.25, 0.3) is 11.0 Å². The van der Waals surface area contributed by atoms with Gasteiger partial charge in [-0.3, -0.25) is 14.5 Å². The van der Waals surface area contributed by atoms with E-state index in [1.54, 1.807) is 7.05 Å². The van der Waals surface area contributed by atoms with E-state index in [1.165, 1.54) is 64.2 Å². The number of rotatable bonds is 9. The molecule has 2 N–H and O–H groups in total. The lowest BCUT2D eigenvalue weighted by molar-refractivity contribution is -0.142. The number of aromatic nitrogens is 2. The van der Waals surface area contributed by atoms with Crippen molar-refractivity contribution in [1.82, 2.24) is 19.8 Å². The molecule has 1 aromatic heterocycles. The molecule has 1 amide bonds. The molecule has 4 aliphatic rings. The van der Waals surface area contributed by atoms with Gasteiger partial charge in [-0.15, -0.1) is 0 Å². The number of carboxylic acids is 1. The highest BCUT2D eigenvalue weighted by Crippen LogP contribution is 2.47. The van der Waals surface area contributed by atoms with Crippen LogP contribution in [-0.2, 0) is 14.4 Å². The fraction of sp³-hybridized carbons (Fsp3) is 0.667. The minimum absolute atomic E-state index is 0.0247. The smallest absolute Gasteiger partial charge is 0.344 e. The number of nitrogens with zero attached hydrogens (tertiary/aromatic N) is 4. The van der Waals surface area contributed by atoms with Crippen molar-refractivity contribution in [3.63, 3.8) is 0 Å². The fourth-order valence-corrected chi connectivity index (χ4v) is 8.74. The molecule has 2 aromatic rings. The number of nitrogens with one attached hydrogen (secondary N) is 1. The zero-order valence-electron chi connectivity index (χ0n) is 25.2. The van der Waals surface area contributed by atoms with E-state index in [-0.39, 0.29) is 41.8 Å². The van der Waals surface area contributed by atoms with E-state index in [2.05, 4.69) is 15.4 Å². The molecule has 232 valence electrons. The topological polar surface area (TPSA) is 126 Å². The molecular formula is C33H45N5O5. The minimum Gasteiger partial charge on any atom is -0.479 e. The number of para-hydroxylation sites is 2. The van der Waals surface area contributed by atoms with Gasteiger partial charge in [-0.25, -0.2) is 9.78 Å². The van der Waals surface area contributed by atoms with Crippen molar-refractivity contribution < 1.29 is 19.5 Å². The zero-order chi connectivity index (χ0) is 29.9. The Morgan fingerprint density at radius 3 is 2.30 bits per heavy atom. The molecule has 0 spiro atoms. The average molecular weight is 592 g/mol. The van der Waals surface area contributed by atoms with Crippen molar-refractivity contribution in [2.45, 2.75) is 114 Å². The molecule has 4 bridgehead atoms. The Bertz CT molecular complexity index is 1390. The second-order valence-electron chi connectivity index (χ2n) is 13.2. The molecule has 6 rings (SSSR count). The van der Waals surface area contributed by atoms with Gasteiger partial charge in [0.15, 0.2) is 5.69 Å². The van der Waals surface area contributed by atoms with Crippen LogP contribution in [0.3, 0.4) is 0 Å². The lowest BCUT2D eigenvalue weighted by atomic mass is 9.73. The molecule has 1 aromatic carbocycles. The second kappa shape index (κ2) is 13.2. The van der Waals surface area contributed by atoms with Crippen LogP contribution in [0.2, 0.25) is 0 Å². The first kappa shape index (κ1) is 29.8. The predicted molar refractivity (Wildman–Crippen MR) is 164 cm³/mol. The van der Waals surface area contributed by atoms with E-state index in [9.17, 15) is 14.4 Å². The third kappa shape index (κ3) is 6.49. The first-order valence-corrected chi connectivity index (χ1v) is 16.3. The van der Waals surface area contributed by atoms with Gasteiger partial charge in [0.2, 0.25) is 12.5 Å². The number of carbonyl (C=O) groups excluding carboxylic acids is 1. The average Bonchev–Trinajstić information content (AvgIpc) is 3.16. The fourth-order valence-electron chi connectivity index (χ4n) is 8.74. The normalized spacial score (nSPS) is 29.6. The van der Waals surface area contributed by atoms with E-state index >= 15 is 0 Å². The number of oxime groups is 1. The SMILES string of the molecule is CNC(=O)CC/C(=N\OCC(=O)O)c1nc2ccccc2n(C2CC3CCCC(C2)N3C2CC3CCCCC(C3)C2)c1=O. The van der Waals surface area contributed by atoms with Gasteiger partial charge in [-0.05, 0) is 68.9 Å². The number of carbonyl (C=O) groups is 2. The van der Waals surface area contributed by atoms with E-state index in [1.807, 2.05) is 28.8 Å². The number of amides is 1. The first-order valence-electron chi connectivity index (χ1n) is 16.3. The zero-order valence-corrected chi connectivity index (χ0v) is 25.2. The van der Waals surface area contributed by atoms with Gasteiger partial charge < -0.3 is 19.8 Å². The first-order chi connectivity index (χ1) is 20.9. The Labute approximate surface area is 252 Å². The maximum Gasteiger partial charge on any atom is 0.344 e. The van der Waals surface area contributed by atoms with Crippen LogP contribution in [0.1, 0.15) is 102 Å². The van der Waals surface area contributed by atoms with Gasteiger partial charge in [-0.1, -0.05) is 49.4 Å². The molecule has 4 fully saturated rings. The largest absolute Gasteiger partial charge is 0.479 e. The molecule has 10 nitrogen and oxygen atoms in total. The number of hydrogen-bond donors (Lipinski definition) is 2. The van der Waals surface area contributed by atoms with Crippen molar-refractivity contribution in [3.05, 3.63) is 40.3 Å². The summed E-state index contributed by atoms with van der Waals surface area (Å²) >= 11 is 0.